The minimum Gasteiger partial charge on any atom is -0.461 e. The fraction of sp³-hybridized carbons (Fsp3) is 0.400. The molecule has 1 unspecified atom stereocenters. The fourth-order valence-corrected chi connectivity index (χ4v) is 3.41. The van der Waals surface area contributed by atoms with Gasteiger partial charge in [-0.25, -0.2) is 14.2 Å². The second-order valence-electron chi connectivity index (χ2n) is 6.46. The molecule has 25 heavy (non-hydrogen) atoms. The topological polar surface area (TPSA) is 42.4 Å². The smallest absolute Gasteiger partial charge is 0.356 e. The molecule has 0 fully saturated rings. The minimum atomic E-state index is -0.386. The van der Waals surface area contributed by atoms with E-state index in [1.165, 1.54) is 6.07 Å². The first-order chi connectivity index (χ1) is 12.0. The molecule has 1 aromatic heterocycles. The van der Waals surface area contributed by atoms with E-state index in [9.17, 15) is 9.18 Å². The number of halogens is 1. The monoisotopic (exact) mass is 342 g/mol. The van der Waals surface area contributed by atoms with Crippen molar-refractivity contribution in [3.05, 3.63) is 58.7 Å². The van der Waals surface area contributed by atoms with Crippen LogP contribution in [0, 0.1) is 12.7 Å². The van der Waals surface area contributed by atoms with Gasteiger partial charge in [0.25, 0.3) is 0 Å². The first-order valence-corrected chi connectivity index (χ1v) is 8.69. The highest BCUT2D eigenvalue weighted by Crippen LogP contribution is 2.34. The summed E-state index contributed by atoms with van der Waals surface area (Å²) in [6.45, 7) is 7.59. The van der Waals surface area contributed by atoms with E-state index in [4.69, 9.17) is 4.74 Å². The van der Waals surface area contributed by atoms with E-state index in [1.54, 1.807) is 19.2 Å². The highest BCUT2D eigenvalue weighted by atomic mass is 19.1. The van der Waals surface area contributed by atoms with E-state index in [0.717, 1.165) is 35.3 Å². The quantitative estimate of drug-likeness (QED) is 0.780. The minimum absolute atomic E-state index is 0.218. The molecule has 0 aliphatic carbocycles. The molecular formula is C20H23FN2O2. The lowest BCUT2D eigenvalue weighted by atomic mass is 9.88. The van der Waals surface area contributed by atoms with Crippen molar-refractivity contribution in [2.45, 2.75) is 39.7 Å². The number of nitrogens with zero attached hydrogens (tertiary/aromatic N) is 2. The summed E-state index contributed by atoms with van der Waals surface area (Å²) in [4.78, 5) is 18.4. The number of esters is 1. The SMILES string of the molecule is CCOC(=O)c1cc2c(cn1)CN(c1cc(C)cc(F)c1)CC2CC. The zero-order valence-corrected chi connectivity index (χ0v) is 14.9. The van der Waals surface area contributed by atoms with Gasteiger partial charge in [-0.1, -0.05) is 6.92 Å². The van der Waals surface area contributed by atoms with Crippen LogP contribution in [0.25, 0.3) is 0 Å². The van der Waals surface area contributed by atoms with Crippen LogP contribution in [0.2, 0.25) is 0 Å². The Hall–Kier alpha value is -2.43. The molecule has 1 aliphatic rings. The number of benzene rings is 1. The van der Waals surface area contributed by atoms with Gasteiger partial charge >= 0.3 is 5.97 Å². The van der Waals surface area contributed by atoms with Crippen LogP contribution in [0.4, 0.5) is 10.1 Å². The molecule has 5 heteroatoms. The Labute approximate surface area is 147 Å². The molecule has 0 amide bonds. The molecular weight excluding hydrogens is 319 g/mol. The summed E-state index contributed by atoms with van der Waals surface area (Å²) in [6, 6.07) is 6.97. The number of hydrogen-bond donors (Lipinski definition) is 0. The normalized spacial score (nSPS) is 16.5. The van der Waals surface area contributed by atoms with Gasteiger partial charge in [-0.3, -0.25) is 0 Å². The summed E-state index contributed by atoms with van der Waals surface area (Å²) in [5.41, 5.74) is 4.37. The molecule has 3 rings (SSSR count). The zero-order chi connectivity index (χ0) is 18.0. The molecule has 0 saturated carbocycles. The van der Waals surface area contributed by atoms with Crippen LogP contribution < -0.4 is 4.90 Å². The van der Waals surface area contributed by atoms with Crippen molar-refractivity contribution in [3.63, 3.8) is 0 Å². The molecule has 1 atom stereocenters. The van der Waals surface area contributed by atoms with Gasteiger partial charge in [0.1, 0.15) is 11.5 Å². The van der Waals surface area contributed by atoms with Gasteiger partial charge in [-0.15, -0.1) is 0 Å². The number of pyridine rings is 1. The maximum Gasteiger partial charge on any atom is 0.356 e. The van der Waals surface area contributed by atoms with Gasteiger partial charge in [0.05, 0.1) is 6.61 Å². The van der Waals surface area contributed by atoms with Gasteiger partial charge in [-0.05, 0) is 61.2 Å². The molecule has 0 N–H and O–H groups in total. The molecule has 1 aliphatic heterocycles. The van der Waals surface area contributed by atoms with Crippen molar-refractivity contribution in [2.75, 3.05) is 18.1 Å². The van der Waals surface area contributed by atoms with Crippen molar-refractivity contribution in [1.82, 2.24) is 4.98 Å². The third-order valence-electron chi connectivity index (χ3n) is 4.63. The zero-order valence-electron chi connectivity index (χ0n) is 14.9. The summed E-state index contributed by atoms with van der Waals surface area (Å²) in [5.74, 6) is -0.337. The number of aromatic nitrogens is 1. The van der Waals surface area contributed by atoms with Gasteiger partial charge in [0, 0.05) is 30.9 Å². The number of anilines is 1. The molecule has 2 aromatic rings. The van der Waals surface area contributed by atoms with Crippen molar-refractivity contribution in [2.24, 2.45) is 0 Å². The van der Waals surface area contributed by atoms with Crippen LogP contribution in [0.5, 0.6) is 0 Å². The lowest BCUT2D eigenvalue weighted by Gasteiger charge is -2.36. The van der Waals surface area contributed by atoms with Crippen molar-refractivity contribution < 1.29 is 13.9 Å². The summed E-state index contributed by atoms with van der Waals surface area (Å²) < 4.78 is 18.8. The fourth-order valence-electron chi connectivity index (χ4n) is 3.41. The van der Waals surface area contributed by atoms with Crippen molar-refractivity contribution in [1.29, 1.82) is 0 Å². The second kappa shape index (κ2) is 7.21. The number of ether oxygens (including phenoxy) is 1. The van der Waals surface area contributed by atoms with Gasteiger partial charge in [0.2, 0.25) is 0 Å². The lowest BCUT2D eigenvalue weighted by Crippen LogP contribution is -2.34. The Morgan fingerprint density at radius 2 is 2.12 bits per heavy atom. The number of fused-ring (bicyclic) bond motifs is 1. The van der Waals surface area contributed by atoms with Crippen LogP contribution in [0.1, 0.15) is 53.4 Å². The Morgan fingerprint density at radius 1 is 1.32 bits per heavy atom. The molecule has 0 spiro atoms. The third kappa shape index (κ3) is 3.65. The lowest BCUT2D eigenvalue weighted by molar-refractivity contribution is 0.0519. The Bertz CT molecular complexity index is 771. The number of carbonyl (C=O) groups is 1. The molecule has 0 radical (unpaired) electrons. The van der Waals surface area contributed by atoms with E-state index in [1.807, 2.05) is 19.1 Å². The molecule has 132 valence electrons. The van der Waals surface area contributed by atoms with Gasteiger partial charge < -0.3 is 9.64 Å². The van der Waals surface area contributed by atoms with Crippen LogP contribution in [0.15, 0.2) is 30.5 Å². The van der Waals surface area contributed by atoms with Crippen LogP contribution >= 0.6 is 0 Å². The number of rotatable bonds is 4. The number of aryl methyl sites for hydroxylation is 1. The number of hydrogen-bond acceptors (Lipinski definition) is 4. The van der Waals surface area contributed by atoms with E-state index < -0.39 is 0 Å². The molecule has 4 nitrogen and oxygen atoms in total. The van der Waals surface area contributed by atoms with Crippen molar-refractivity contribution in [3.8, 4) is 0 Å². The Kier molecular flexibility index (Phi) is 5.02. The Morgan fingerprint density at radius 3 is 2.80 bits per heavy atom. The molecule has 1 aromatic carbocycles. The number of carbonyl (C=O) groups excluding carboxylic acids is 1. The van der Waals surface area contributed by atoms with Crippen LogP contribution in [0.3, 0.4) is 0 Å². The predicted octanol–water partition coefficient (Wildman–Crippen LogP) is 4.22. The summed E-state index contributed by atoms with van der Waals surface area (Å²) in [6.07, 6.45) is 2.69. The summed E-state index contributed by atoms with van der Waals surface area (Å²) in [7, 11) is 0. The van der Waals surface area contributed by atoms with Crippen LogP contribution in [-0.4, -0.2) is 24.1 Å². The maximum absolute atomic E-state index is 13.8. The van der Waals surface area contributed by atoms with E-state index in [0.29, 0.717) is 18.8 Å². The molecule has 0 bridgehead atoms. The predicted molar refractivity (Wildman–Crippen MR) is 95.4 cm³/mol. The standard InChI is InChI=1S/C20H23FN2O2/c1-4-14-11-23(17-7-13(3)6-16(21)8-17)12-15-10-22-19(9-18(14)15)20(24)25-5-2/h6-10,14H,4-5,11-12H2,1-3H3. The van der Waals surface area contributed by atoms with Crippen molar-refractivity contribution >= 4 is 11.7 Å². The first kappa shape index (κ1) is 17.4. The maximum atomic E-state index is 13.8. The largest absolute Gasteiger partial charge is 0.461 e. The van der Waals surface area contributed by atoms with Gasteiger partial charge in [0.15, 0.2) is 0 Å². The van der Waals surface area contributed by atoms with E-state index in [2.05, 4.69) is 16.8 Å². The average Bonchev–Trinajstić information content (AvgIpc) is 2.59. The van der Waals surface area contributed by atoms with E-state index in [-0.39, 0.29) is 17.7 Å². The van der Waals surface area contributed by atoms with Gasteiger partial charge in [-0.2, -0.15) is 0 Å². The third-order valence-corrected chi connectivity index (χ3v) is 4.63. The average molecular weight is 342 g/mol. The van der Waals surface area contributed by atoms with E-state index >= 15 is 0 Å². The second-order valence-corrected chi connectivity index (χ2v) is 6.46. The molecule has 0 saturated heterocycles. The first-order valence-electron chi connectivity index (χ1n) is 8.69. The van der Waals surface area contributed by atoms with Crippen LogP contribution in [-0.2, 0) is 11.3 Å². The summed E-state index contributed by atoms with van der Waals surface area (Å²) >= 11 is 0. The highest BCUT2D eigenvalue weighted by molar-refractivity contribution is 5.87. The highest BCUT2D eigenvalue weighted by Gasteiger charge is 2.26. The summed E-state index contributed by atoms with van der Waals surface area (Å²) in [5, 5.41) is 0. The Balaban J connectivity index is 1.93. The molecule has 2 heterocycles.